The van der Waals surface area contributed by atoms with E-state index in [4.69, 9.17) is 20.6 Å². The summed E-state index contributed by atoms with van der Waals surface area (Å²) in [5.74, 6) is -2.54. The molecule has 1 aromatic heterocycles. The Labute approximate surface area is 204 Å². The van der Waals surface area contributed by atoms with E-state index in [2.05, 4.69) is 9.80 Å². The number of carbonyl (C=O) groups is 2. The van der Waals surface area contributed by atoms with Gasteiger partial charge in [0.2, 0.25) is 5.91 Å². The van der Waals surface area contributed by atoms with Crippen LogP contribution in [0.1, 0.15) is 19.7 Å². The Morgan fingerprint density at radius 1 is 1.00 bits per heavy atom. The number of aromatic nitrogens is 2. The number of para-hydroxylation sites is 2. The highest BCUT2D eigenvalue weighted by atomic mass is 19.4. The number of halogens is 4. The molecular formula is C24H27F4N5O3. The van der Waals surface area contributed by atoms with E-state index in [9.17, 15) is 22.4 Å². The molecule has 0 radical (unpaired) electrons. The lowest BCUT2D eigenvalue weighted by Gasteiger charge is -2.42. The summed E-state index contributed by atoms with van der Waals surface area (Å²) in [7, 11) is 0. The van der Waals surface area contributed by atoms with E-state index >= 15 is 0 Å². The van der Waals surface area contributed by atoms with Crippen LogP contribution in [0.4, 0.5) is 17.6 Å². The Balaban J connectivity index is 0.000000454. The van der Waals surface area contributed by atoms with Crippen molar-refractivity contribution in [2.45, 2.75) is 32.1 Å². The average Bonchev–Trinajstić information content (AvgIpc) is 3.19. The van der Waals surface area contributed by atoms with Gasteiger partial charge in [-0.1, -0.05) is 24.3 Å². The van der Waals surface area contributed by atoms with E-state index in [0.29, 0.717) is 17.6 Å². The van der Waals surface area contributed by atoms with Crippen molar-refractivity contribution in [1.82, 2.24) is 19.4 Å². The van der Waals surface area contributed by atoms with Crippen LogP contribution in [0.3, 0.4) is 0 Å². The minimum absolute atomic E-state index is 0.280. The normalized spacial score (nSPS) is 15.4. The quantitative estimate of drug-likeness (QED) is 0.512. The number of benzene rings is 2. The van der Waals surface area contributed by atoms with Gasteiger partial charge in [0.15, 0.2) is 0 Å². The van der Waals surface area contributed by atoms with Crippen LogP contribution in [-0.4, -0.2) is 74.2 Å². The number of primary amides is 1. The number of nitrogens with zero attached hydrogens (tertiary/aromatic N) is 4. The maximum atomic E-state index is 14.7. The van der Waals surface area contributed by atoms with Crippen molar-refractivity contribution in [3.8, 4) is 5.69 Å². The Kier molecular flexibility index (Phi) is 7.99. The standard InChI is InChI=1S/C22H26FN5O.C2HF3O2/c1-22(2,21(24)29)27-13-11-26(12-14-27)15-19-25-18-10-6-9-17(23)20(18)28(19)16-7-4-3-5-8-16;3-2(4,5)1(6)7/h3-10H,11-15H2,1-2H3,(H2,24,29);(H,6,7). The third-order valence-corrected chi connectivity index (χ3v) is 6.08. The molecule has 0 aliphatic carbocycles. The minimum Gasteiger partial charge on any atom is -0.475 e. The zero-order valence-corrected chi connectivity index (χ0v) is 19.8. The first-order valence-electron chi connectivity index (χ1n) is 11.1. The molecule has 3 aromatic rings. The van der Waals surface area contributed by atoms with E-state index in [1.165, 1.54) is 6.07 Å². The average molecular weight is 510 g/mol. The molecule has 8 nitrogen and oxygen atoms in total. The van der Waals surface area contributed by atoms with Crippen LogP contribution in [0.25, 0.3) is 16.7 Å². The van der Waals surface area contributed by atoms with Crippen LogP contribution in [0.2, 0.25) is 0 Å². The van der Waals surface area contributed by atoms with Crippen molar-refractivity contribution in [1.29, 1.82) is 0 Å². The van der Waals surface area contributed by atoms with Gasteiger partial charge in [0.25, 0.3) is 0 Å². The summed E-state index contributed by atoms with van der Waals surface area (Å²) >= 11 is 0. The number of nitrogens with two attached hydrogens (primary N) is 1. The Morgan fingerprint density at radius 3 is 2.11 bits per heavy atom. The van der Waals surface area contributed by atoms with Gasteiger partial charge in [-0.2, -0.15) is 13.2 Å². The minimum atomic E-state index is -5.08. The SMILES string of the molecule is CC(C)(C(N)=O)N1CCN(Cc2nc3cccc(F)c3n2-c2ccccc2)CC1.O=C(O)C(F)(F)F. The summed E-state index contributed by atoms with van der Waals surface area (Å²) in [6, 6.07) is 14.8. The fraction of sp³-hybridized carbons (Fsp3) is 0.375. The second-order valence-corrected chi connectivity index (χ2v) is 8.80. The highest BCUT2D eigenvalue weighted by Crippen LogP contribution is 2.25. The van der Waals surface area contributed by atoms with Gasteiger partial charge in [0.05, 0.1) is 17.6 Å². The van der Waals surface area contributed by atoms with Gasteiger partial charge in [-0.3, -0.25) is 19.2 Å². The van der Waals surface area contributed by atoms with Crippen molar-refractivity contribution in [3.05, 3.63) is 60.2 Å². The molecule has 12 heteroatoms. The number of rotatable bonds is 5. The molecule has 0 atom stereocenters. The van der Waals surface area contributed by atoms with Gasteiger partial charge in [-0.05, 0) is 38.1 Å². The molecule has 0 bridgehead atoms. The molecule has 2 heterocycles. The van der Waals surface area contributed by atoms with Crippen molar-refractivity contribution in [2.24, 2.45) is 5.73 Å². The maximum absolute atomic E-state index is 14.7. The van der Waals surface area contributed by atoms with Crippen LogP contribution in [0, 0.1) is 5.82 Å². The van der Waals surface area contributed by atoms with E-state index in [0.717, 1.165) is 37.7 Å². The number of carboxylic acid groups (broad SMARTS) is 1. The van der Waals surface area contributed by atoms with E-state index in [-0.39, 0.29) is 11.7 Å². The highest BCUT2D eigenvalue weighted by Gasteiger charge is 2.38. The second-order valence-electron chi connectivity index (χ2n) is 8.80. The topological polar surface area (TPSA) is 105 Å². The van der Waals surface area contributed by atoms with Crippen molar-refractivity contribution in [3.63, 3.8) is 0 Å². The summed E-state index contributed by atoms with van der Waals surface area (Å²) < 4.78 is 48.3. The Hall–Kier alpha value is -3.51. The first-order chi connectivity index (χ1) is 16.8. The molecule has 3 N–H and O–H groups in total. The fourth-order valence-electron chi connectivity index (χ4n) is 3.92. The summed E-state index contributed by atoms with van der Waals surface area (Å²) in [4.78, 5) is 29.8. The van der Waals surface area contributed by atoms with Gasteiger partial charge in [-0.15, -0.1) is 0 Å². The number of alkyl halides is 3. The molecular weight excluding hydrogens is 482 g/mol. The zero-order chi connectivity index (χ0) is 26.7. The number of hydrogen-bond acceptors (Lipinski definition) is 5. The number of carboxylic acids is 1. The molecule has 0 spiro atoms. The molecule has 1 aliphatic heterocycles. The molecule has 1 aliphatic rings. The Bertz CT molecular complexity index is 1220. The van der Waals surface area contributed by atoms with Crippen LogP contribution >= 0.6 is 0 Å². The van der Waals surface area contributed by atoms with E-state index < -0.39 is 17.7 Å². The molecule has 1 fully saturated rings. The molecule has 1 amide bonds. The number of hydrogen-bond donors (Lipinski definition) is 2. The number of fused-ring (bicyclic) bond motifs is 1. The van der Waals surface area contributed by atoms with Crippen LogP contribution in [-0.2, 0) is 16.1 Å². The molecule has 2 aromatic carbocycles. The Morgan fingerprint density at radius 2 is 1.58 bits per heavy atom. The smallest absolute Gasteiger partial charge is 0.475 e. The number of aliphatic carboxylic acids is 1. The lowest BCUT2D eigenvalue weighted by atomic mass is 10.0. The summed E-state index contributed by atoms with van der Waals surface area (Å²) in [6.45, 7) is 7.40. The third-order valence-electron chi connectivity index (χ3n) is 6.08. The van der Waals surface area contributed by atoms with Gasteiger partial charge >= 0.3 is 12.1 Å². The predicted octanol–water partition coefficient (Wildman–Crippen LogP) is 3.18. The maximum Gasteiger partial charge on any atom is 0.490 e. The molecule has 36 heavy (non-hydrogen) atoms. The van der Waals surface area contributed by atoms with E-state index in [1.807, 2.05) is 54.8 Å². The zero-order valence-electron chi connectivity index (χ0n) is 19.8. The van der Waals surface area contributed by atoms with Gasteiger partial charge in [-0.25, -0.2) is 14.2 Å². The fourth-order valence-corrected chi connectivity index (χ4v) is 3.92. The summed E-state index contributed by atoms with van der Waals surface area (Å²) in [6.07, 6.45) is -5.08. The summed E-state index contributed by atoms with van der Waals surface area (Å²) in [5.41, 5.74) is 6.94. The number of carbonyl (C=O) groups excluding carboxylic acids is 1. The van der Waals surface area contributed by atoms with Crippen molar-refractivity contribution < 1.29 is 32.3 Å². The van der Waals surface area contributed by atoms with E-state index in [1.54, 1.807) is 6.07 Å². The highest BCUT2D eigenvalue weighted by molar-refractivity contribution is 5.83. The van der Waals surface area contributed by atoms with Gasteiger partial charge < -0.3 is 10.8 Å². The first-order valence-corrected chi connectivity index (χ1v) is 11.1. The molecule has 0 saturated carbocycles. The molecule has 194 valence electrons. The number of piperazine rings is 1. The largest absolute Gasteiger partial charge is 0.490 e. The molecule has 0 unspecified atom stereocenters. The first kappa shape index (κ1) is 27.1. The van der Waals surface area contributed by atoms with Gasteiger partial charge in [0.1, 0.15) is 17.2 Å². The molecule has 4 rings (SSSR count). The van der Waals surface area contributed by atoms with Crippen molar-refractivity contribution >= 4 is 22.9 Å². The van der Waals surface area contributed by atoms with Crippen molar-refractivity contribution in [2.75, 3.05) is 26.2 Å². The van der Waals surface area contributed by atoms with Gasteiger partial charge in [0, 0.05) is 31.9 Å². The summed E-state index contributed by atoms with van der Waals surface area (Å²) in [5, 5.41) is 7.12. The van der Waals surface area contributed by atoms with Crippen LogP contribution in [0.15, 0.2) is 48.5 Å². The van der Waals surface area contributed by atoms with Crippen LogP contribution < -0.4 is 5.73 Å². The number of amides is 1. The molecule has 1 saturated heterocycles. The third kappa shape index (κ3) is 6.00. The predicted molar refractivity (Wildman–Crippen MR) is 125 cm³/mol. The monoisotopic (exact) mass is 509 g/mol. The van der Waals surface area contributed by atoms with Crippen LogP contribution in [0.5, 0.6) is 0 Å². The number of imidazole rings is 1. The lowest BCUT2D eigenvalue weighted by Crippen LogP contribution is -2.59. The lowest BCUT2D eigenvalue weighted by molar-refractivity contribution is -0.192. The second kappa shape index (κ2) is 10.6.